The number of aromatic nitrogens is 2. The van der Waals surface area contributed by atoms with Crippen molar-refractivity contribution in [1.29, 1.82) is 0 Å². The normalized spacial score (nSPS) is 24.3. The van der Waals surface area contributed by atoms with Gasteiger partial charge in [0.1, 0.15) is 0 Å². The molecule has 5 heteroatoms. The van der Waals surface area contributed by atoms with Crippen molar-refractivity contribution in [1.82, 2.24) is 20.0 Å². The molecule has 106 valence electrons. The smallest absolute Gasteiger partial charge is 0.0739 e. The summed E-state index contributed by atoms with van der Waals surface area (Å²) >= 11 is 3.62. The minimum Gasteiger partial charge on any atom is -0.311 e. The van der Waals surface area contributed by atoms with Gasteiger partial charge in [0.15, 0.2) is 0 Å². The number of likely N-dealkylation sites (tertiary alicyclic amines) is 1. The Balaban J connectivity index is 1.45. The fourth-order valence-corrected chi connectivity index (χ4v) is 3.54. The van der Waals surface area contributed by atoms with E-state index in [2.05, 4.69) is 31.2 Å². The van der Waals surface area contributed by atoms with Crippen molar-refractivity contribution in [2.45, 2.75) is 38.8 Å². The molecule has 2 fully saturated rings. The summed E-state index contributed by atoms with van der Waals surface area (Å²) < 4.78 is 3.12. The van der Waals surface area contributed by atoms with Gasteiger partial charge in [0.05, 0.1) is 15.9 Å². The summed E-state index contributed by atoms with van der Waals surface area (Å²) in [6.45, 7) is 6.67. The molecule has 4 nitrogen and oxygen atoms in total. The molecule has 1 aliphatic heterocycles. The van der Waals surface area contributed by atoms with E-state index in [9.17, 15) is 0 Å². The maximum Gasteiger partial charge on any atom is 0.0739 e. The molecule has 0 bridgehead atoms. The first-order chi connectivity index (χ1) is 9.15. The van der Waals surface area contributed by atoms with Crippen molar-refractivity contribution in [3.63, 3.8) is 0 Å². The quantitative estimate of drug-likeness (QED) is 0.899. The predicted octanol–water partition coefficient (Wildman–Crippen LogP) is 2.06. The fraction of sp³-hybridized carbons (Fsp3) is 0.786. The van der Waals surface area contributed by atoms with Gasteiger partial charge in [-0.2, -0.15) is 5.10 Å². The van der Waals surface area contributed by atoms with Crippen LogP contribution in [-0.2, 0) is 13.6 Å². The van der Waals surface area contributed by atoms with Crippen LogP contribution in [0.4, 0.5) is 0 Å². The monoisotopic (exact) mass is 326 g/mol. The lowest BCUT2D eigenvalue weighted by atomic mass is 10.1. The molecular weight excluding hydrogens is 304 g/mol. The van der Waals surface area contributed by atoms with Crippen molar-refractivity contribution in [3.05, 3.63) is 15.9 Å². The zero-order valence-electron chi connectivity index (χ0n) is 11.8. The van der Waals surface area contributed by atoms with Gasteiger partial charge in [-0.3, -0.25) is 4.68 Å². The SMILES string of the molecule is Cc1nn(C)c(CNCC2CCN(C3CC3)C2)c1Br. The molecule has 2 heterocycles. The summed E-state index contributed by atoms with van der Waals surface area (Å²) in [6, 6.07) is 0.930. The van der Waals surface area contributed by atoms with E-state index in [1.165, 1.54) is 38.0 Å². The molecule has 19 heavy (non-hydrogen) atoms. The molecule has 1 aromatic heterocycles. The summed E-state index contributed by atoms with van der Waals surface area (Å²) in [7, 11) is 2.01. The molecule has 1 aromatic rings. The van der Waals surface area contributed by atoms with Gasteiger partial charge in [-0.25, -0.2) is 0 Å². The molecule has 0 spiro atoms. The van der Waals surface area contributed by atoms with Gasteiger partial charge in [-0.05, 0) is 61.1 Å². The highest BCUT2D eigenvalue weighted by Gasteiger charge is 2.34. The molecule has 3 rings (SSSR count). The van der Waals surface area contributed by atoms with Crippen molar-refractivity contribution in [2.75, 3.05) is 19.6 Å². The van der Waals surface area contributed by atoms with Crippen LogP contribution >= 0.6 is 15.9 Å². The number of rotatable bonds is 5. The zero-order chi connectivity index (χ0) is 13.4. The third-order valence-electron chi connectivity index (χ3n) is 4.37. The Morgan fingerprint density at radius 3 is 2.79 bits per heavy atom. The highest BCUT2D eigenvalue weighted by Crippen LogP contribution is 2.31. The molecule has 2 aliphatic rings. The van der Waals surface area contributed by atoms with Gasteiger partial charge in [0, 0.05) is 26.2 Å². The van der Waals surface area contributed by atoms with E-state index in [-0.39, 0.29) is 0 Å². The highest BCUT2D eigenvalue weighted by molar-refractivity contribution is 9.10. The van der Waals surface area contributed by atoms with Crippen molar-refractivity contribution < 1.29 is 0 Å². The molecular formula is C14H23BrN4. The van der Waals surface area contributed by atoms with E-state index in [4.69, 9.17) is 0 Å². The second-order valence-corrected chi connectivity index (χ2v) is 6.77. The molecule has 1 saturated carbocycles. The molecule has 0 aromatic carbocycles. The lowest BCUT2D eigenvalue weighted by Crippen LogP contribution is -2.28. The van der Waals surface area contributed by atoms with E-state index >= 15 is 0 Å². The first kappa shape index (κ1) is 13.6. The molecule has 1 N–H and O–H groups in total. The van der Waals surface area contributed by atoms with Crippen LogP contribution in [-0.4, -0.2) is 40.4 Å². The Morgan fingerprint density at radius 1 is 1.37 bits per heavy atom. The second kappa shape index (κ2) is 5.54. The van der Waals surface area contributed by atoms with Gasteiger partial charge in [0.2, 0.25) is 0 Å². The summed E-state index contributed by atoms with van der Waals surface area (Å²) in [5.74, 6) is 0.827. The van der Waals surface area contributed by atoms with Crippen LogP contribution in [0.5, 0.6) is 0 Å². The molecule has 1 saturated heterocycles. The molecule has 1 unspecified atom stereocenters. The maximum atomic E-state index is 4.43. The van der Waals surface area contributed by atoms with Crippen LogP contribution in [0, 0.1) is 12.8 Å². The Kier molecular flexibility index (Phi) is 3.96. The standard InChI is InChI=1S/C14H23BrN4/c1-10-14(15)13(18(2)17-10)8-16-7-11-5-6-19(9-11)12-3-4-12/h11-12,16H,3-9H2,1-2H3. The molecule has 1 aliphatic carbocycles. The van der Waals surface area contributed by atoms with E-state index in [0.29, 0.717) is 0 Å². The summed E-state index contributed by atoms with van der Waals surface area (Å²) in [6.07, 6.45) is 4.22. The minimum atomic E-state index is 0.827. The van der Waals surface area contributed by atoms with Crippen LogP contribution in [0.25, 0.3) is 0 Å². The number of aryl methyl sites for hydroxylation is 2. The number of hydrogen-bond acceptors (Lipinski definition) is 3. The summed E-state index contributed by atoms with van der Waals surface area (Å²) in [5, 5.41) is 8.03. The van der Waals surface area contributed by atoms with Crippen LogP contribution < -0.4 is 5.32 Å². The number of nitrogens with zero attached hydrogens (tertiary/aromatic N) is 3. The molecule has 0 amide bonds. The van der Waals surface area contributed by atoms with Gasteiger partial charge < -0.3 is 10.2 Å². The Morgan fingerprint density at radius 2 is 2.16 bits per heavy atom. The largest absolute Gasteiger partial charge is 0.311 e. The Labute approximate surface area is 123 Å². The first-order valence-corrected chi connectivity index (χ1v) is 8.07. The summed E-state index contributed by atoms with van der Waals surface area (Å²) in [5.41, 5.74) is 2.31. The lowest BCUT2D eigenvalue weighted by molar-refractivity contribution is 0.311. The Hall–Kier alpha value is -0.390. The van der Waals surface area contributed by atoms with Gasteiger partial charge in [0.25, 0.3) is 0 Å². The third kappa shape index (κ3) is 3.03. The van der Waals surface area contributed by atoms with Crippen LogP contribution in [0.15, 0.2) is 4.47 Å². The van der Waals surface area contributed by atoms with E-state index < -0.39 is 0 Å². The van der Waals surface area contributed by atoms with Crippen molar-refractivity contribution >= 4 is 15.9 Å². The zero-order valence-corrected chi connectivity index (χ0v) is 13.4. The van der Waals surface area contributed by atoms with Crippen LogP contribution in [0.2, 0.25) is 0 Å². The third-order valence-corrected chi connectivity index (χ3v) is 5.40. The van der Waals surface area contributed by atoms with Gasteiger partial charge in [-0.15, -0.1) is 0 Å². The number of hydrogen-bond donors (Lipinski definition) is 1. The van der Waals surface area contributed by atoms with Gasteiger partial charge >= 0.3 is 0 Å². The second-order valence-electron chi connectivity index (χ2n) is 5.98. The average Bonchev–Trinajstić information content (AvgIpc) is 3.08. The van der Waals surface area contributed by atoms with Crippen LogP contribution in [0.3, 0.4) is 0 Å². The van der Waals surface area contributed by atoms with E-state index in [1.54, 1.807) is 0 Å². The average molecular weight is 327 g/mol. The van der Waals surface area contributed by atoms with Crippen molar-refractivity contribution in [3.8, 4) is 0 Å². The van der Waals surface area contributed by atoms with Crippen LogP contribution in [0.1, 0.15) is 30.7 Å². The fourth-order valence-electron chi connectivity index (χ4n) is 3.07. The van der Waals surface area contributed by atoms with E-state index in [1.807, 2.05) is 18.7 Å². The van der Waals surface area contributed by atoms with Crippen molar-refractivity contribution in [2.24, 2.45) is 13.0 Å². The number of halogens is 1. The number of nitrogens with one attached hydrogen (secondary N) is 1. The highest BCUT2D eigenvalue weighted by atomic mass is 79.9. The predicted molar refractivity (Wildman–Crippen MR) is 80.1 cm³/mol. The van der Waals surface area contributed by atoms with E-state index in [0.717, 1.165) is 35.2 Å². The topological polar surface area (TPSA) is 33.1 Å². The molecule has 0 radical (unpaired) electrons. The maximum absolute atomic E-state index is 4.43. The Bertz CT molecular complexity index is 453. The summed E-state index contributed by atoms with van der Waals surface area (Å²) in [4.78, 5) is 2.68. The van der Waals surface area contributed by atoms with Gasteiger partial charge in [-0.1, -0.05) is 0 Å². The molecule has 1 atom stereocenters. The first-order valence-electron chi connectivity index (χ1n) is 7.28. The lowest BCUT2D eigenvalue weighted by Gasteiger charge is -2.15. The minimum absolute atomic E-state index is 0.827.